The maximum absolute atomic E-state index is 11.9. The molecule has 0 aromatic heterocycles. The van der Waals surface area contributed by atoms with E-state index < -0.39 is 11.4 Å². The fourth-order valence-corrected chi connectivity index (χ4v) is 2.98. The predicted octanol–water partition coefficient (Wildman–Crippen LogP) is 1.32. The third-order valence-corrected chi connectivity index (χ3v) is 4.31. The lowest BCUT2D eigenvalue weighted by molar-refractivity contribution is -0.151. The first-order valence-corrected chi connectivity index (χ1v) is 6.61. The Bertz CT molecular complexity index is 330. The van der Waals surface area contributed by atoms with Crippen LogP contribution in [0.1, 0.15) is 44.9 Å². The van der Waals surface area contributed by atoms with Crippen molar-refractivity contribution in [1.82, 2.24) is 5.32 Å². The van der Waals surface area contributed by atoms with E-state index in [4.69, 9.17) is 4.74 Å². The molecule has 0 aromatic carbocycles. The van der Waals surface area contributed by atoms with Gasteiger partial charge in [-0.05, 0) is 25.7 Å². The largest absolute Gasteiger partial charge is 0.481 e. The lowest BCUT2D eigenvalue weighted by Crippen LogP contribution is -2.49. The van der Waals surface area contributed by atoms with Crippen molar-refractivity contribution in [2.45, 2.75) is 57.1 Å². The van der Waals surface area contributed by atoms with Crippen molar-refractivity contribution in [3.05, 3.63) is 0 Å². The molecule has 0 spiro atoms. The van der Waals surface area contributed by atoms with Gasteiger partial charge in [0.25, 0.3) is 0 Å². The number of hydrogen-bond donors (Lipinski definition) is 2. The second kappa shape index (κ2) is 5.26. The molecular formula is C13H21NO4. The molecule has 18 heavy (non-hydrogen) atoms. The molecule has 5 nitrogen and oxygen atoms in total. The Hall–Kier alpha value is -1.10. The zero-order valence-electron chi connectivity index (χ0n) is 10.8. The van der Waals surface area contributed by atoms with E-state index in [-0.39, 0.29) is 24.5 Å². The number of hydrogen-bond acceptors (Lipinski definition) is 3. The Balaban J connectivity index is 1.81. The van der Waals surface area contributed by atoms with E-state index in [0.717, 1.165) is 25.7 Å². The zero-order valence-corrected chi connectivity index (χ0v) is 10.8. The third kappa shape index (κ3) is 2.66. The lowest BCUT2D eigenvalue weighted by Gasteiger charge is -2.35. The van der Waals surface area contributed by atoms with Gasteiger partial charge in [-0.1, -0.05) is 12.8 Å². The van der Waals surface area contributed by atoms with E-state index in [1.165, 1.54) is 0 Å². The summed E-state index contributed by atoms with van der Waals surface area (Å²) in [6, 6.07) is 0.162. The van der Waals surface area contributed by atoms with Crippen LogP contribution in [0.4, 0.5) is 0 Å². The predicted molar refractivity (Wildman–Crippen MR) is 65.1 cm³/mol. The minimum absolute atomic E-state index is 0.122. The van der Waals surface area contributed by atoms with E-state index in [1.54, 1.807) is 7.11 Å². The van der Waals surface area contributed by atoms with Crippen LogP contribution in [0.5, 0.6) is 0 Å². The number of aliphatic carboxylic acids is 1. The van der Waals surface area contributed by atoms with Crippen molar-refractivity contribution < 1.29 is 19.4 Å². The molecule has 0 heterocycles. The number of nitrogens with one attached hydrogen (secondary N) is 1. The first-order valence-electron chi connectivity index (χ1n) is 6.61. The normalized spacial score (nSPS) is 29.6. The molecule has 2 N–H and O–H groups in total. The topological polar surface area (TPSA) is 75.6 Å². The van der Waals surface area contributed by atoms with Crippen LogP contribution < -0.4 is 5.32 Å². The molecule has 0 aromatic rings. The van der Waals surface area contributed by atoms with Gasteiger partial charge in [-0.3, -0.25) is 9.59 Å². The van der Waals surface area contributed by atoms with Gasteiger partial charge in [-0.25, -0.2) is 0 Å². The molecule has 2 aliphatic rings. The van der Waals surface area contributed by atoms with E-state index in [9.17, 15) is 14.7 Å². The Morgan fingerprint density at radius 3 is 2.44 bits per heavy atom. The molecule has 2 aliphatic carbocycles. The van der Waals surface area contributed by atoms with Crippen molar-refractivity contribution in [2.75, 3.05) is 7.11 Å². The monoisotopic (exact) mass is 255 g/mol. The molecule has 1 amide bonds. The van der Waals surface area contributed by atoms with Crippen LogP contribution in [0, 0.1) is 5.41 Å². The maximum atomic E-state index is 11.9. The van der Waals surface area contributed by atoms with Crippen LogP contribution in [-0.4, -0.2) is 36.2 Å². The molecule has 2 fully saturated rings. The van der Waals surface area contributed by atoms with Crippen molar-refractivity contribution in [1.29, 1.82) is 0 Å². The van der Waals surface area contributed by atoms with Crippen molar-refractivity contribution >= 4 is 11.9 Å². The van der Waals surface area contributed by atoms with Gasteiger partial charge in [0.2, 0.25) is 5.91 Å². The summed E-state index contributed by atoms with van der Waals surface area (Å²) >= 11 is 0. The minimum atomic E-state index is -0.821. The van der Waals surface area contributed by atoms with E-state index in [2.05, 4.69) is 5.32 Å². The summed E-state index contributed by atoms with van der Waals surface area (Å²) in [5, 5.41) is 12.2. The van der Waals surface area contributed by atoms with Gasteiger partial charge >= 0.3 is 5.97 Å². The fourth-order valence-electron chi connectivity index (χ4n) is 2.98. The summed E-state index contributed by atoms with van der Waals surface area (Å²) in [5.74, 6) is -0.947. The average molecular weight is 255 g/mol. The summed E-state index contributed by atoms with van der Waals surface area (Å²) in [5.41, 5.74) is -0.811. The summed E-state index contributed by atoms with van der Waals surface area (Å²) in [6.45, 7) is 0. The highest BCUT2D eigenvalue weighted by Gasteiger charge is 2.43. The van der Waals surface area contributed by atoms with Crippen LogP contribution in [0.3, 0.4) is 0 Å². The van der Waals surface area contributed by atoms with Gasteiger partial charge < -0.3 is 15.2 Å². The van der Waals surface area contributed by atoms with Crippen LogP contribution in [-0.2, 0) is 14.3 Å². The molecule has 0 radical (unpaired) electrons. The number of carboxylic acids is 1. The van der Waals surface area contributed by atoms with Crippen LogP contribution >= 0.6 is 0 Å². The second-order valence-electron chi connectivity index (χ2n) is 5.56. The summed E-state index contributed by atoms with van der Waals surface area (Å²) < 4.78 is 5.14. The number of methoxy groups -OCH3 is 1. The van der Waals surface area contributed by atoms with Gasteiger partial charge in [0.15, 0.2) is 0 Å². The van der Waals surface area contributed by atoms with Crippen LogP contribution in [0.15, 0.2) is 0 Å². The molecule has 0 bridgehead atoms. The number of amides is 1. The van der Waals surface area contributed by atoms with Gasteiger partial charge in [0.05, 0.1) is 11.5 Å². The first kappa shape index (κ1) is 13.3. The Morgan fingerprint density at radius 2 is 1.94 bits per heavy atom. The highest BCUT2D eigenvalue weighted by molar-refractivity contribution is 5.85. The molecule has 2 rings (SSSR count). The number of ether oxygens (including phenoxy) is 1. The van der Waals surface area contributed by atoms with Crippen LogP contribution in [0.2, 0.25) is 0 Å². The molecule has 0 unspecified atom stereocenters. The molecule has 0 atom stereocenters. The standard InChI is InChI=1S/C13H21NO4/c1-18-10-6-9(7-10)14-11(15)8-13(12(16)17)4-2-3-5-13/h9-10H,2-8H2,1H3,(H,14,15)(H,16,17). The highest BCUT2D eigenvalue weighted by atomic mass is 16.5. The molecule has 0 aliphatic heterocycles. The summed E-state index contributed by atoms with van der Waals surface area (Å²) in [4.78, 5) is 23.2. The first-order chi connectivity index (χ1) is 8.55. The Labute approximate surface area is 107 Å². The number of carbonyl (C=O) groups is 2. The van der Waals surface area contributed by atoms with Gasteiger partial charge in [-0.15, -0.1) is 0 Å². The van der Waals surface area contributed by atoms with Gasteiger partial charge in [-0.2, -0.15) is 0 Å². The SMILES string of the molecule is COC1CC(NC(=O)CC2(C(=O)O)CCCC2)C1. The summed E-state index contributed by atoms with van der Waals surface area (Å²) in [7, 11) is 1.67. The smallest absolute Gasteiger partial charge is 0.310 e. The third-order valence-electron chi connectivity index (χ3n) is 4.31. The minimum Gasteiger partial charge on any atom is -0.481 e. The second-order valence-corrected chi connectivity index (χ2v) is 5.56. The van der Waals surface area contributed by atoms with Crippen molar-refractivity contribution in [3.63, 3.8) is 0 Å². The van der Waals surface area contributed by atoms with E-state index in [0.29, 0.717) is 12.8 Å². The maximum Gasteiger partial charge on any atom is 0.310 e. The number of carbonyl (C=O) groups excluding carboxylic acids is 1. The Kier molecular flexibility index (Phi) is 3.90. The van der Waals surface area contributed by atoms with Gasteiger partial charge in [0, 0.05) is 19.6 Å². The zero-order chi connectivity index (χ0) is 13.2. The highest BCUT2D eigenvalue weighted by Crippen LogP contribution is 2.41. The lowest BCUT2D eigenvalue weighted by atomic mass is 9.82. The molecule has 0 saturated heterocycles. The number of carboxylic acid groups (broad SMARTS) is 1. The average Bonchev–Trinajstić information content (AvgIpc) is 2.72. The molecule has 2 saturated carbocycles. The summed E-state index contributed by atoms with van der Waals surface area (Å²) in [6.07, 6.45) is 5.11. The van der Waals surface area contributed by atoms with Crippen molar-refractivity contribution in [3.8, 4) is 0 Å². The molecular weight excluding hydrogens is 234 g/mol. The van der Waals surface area contributed by atoms with Crippen molar-refractivity contribution in [2.24, 2.45) is 5.41 Å². The quantitative estimate of drug-likeness (QED) is 0.776. The Morgan fingerprint density at radius 1 is 1.33 bits per heavy atom. The fraction of sp³-hybridized carbons (Fsp3) is 0.846. The van der Waals surface area contributed by atoms with E-state index in [1.807, 2.05) is 0 Å². The number of rotatable bonds is 5. The van der Waals surface area contributed by atoms with Crippen LogP contribution in [0.25, 0.3) is 0 Å². The molecule has 102 valence electrons. The molecule has 5 heteroatoms. The van der Waals surface area contributed by atoms with Gasteiger partial charge in [0.1, 0.15) is 0 Å². The van der Waals surface area contributed by atoms with E-state index >= 15 is 0 Å².